The lowest BCUT2D eigenvalue weighted by atomic mass is 9.80. The highest BCUT2D eigenvalue weighted by Crippen LogP contribution is 2.44. The molecule has 0 saturated heterocycles. The molecule has 0 fully saturated rings. The number of carbonyl (C=O) groups excluding carboxylic acids is 4. The number of nitro groups is 1. The molecule has 0 saturated carbocycles. The fourth-order valence-electron chi connectivity index (χ4n) is 9.02. The quantitative estimate of drug-likeness (QED) is 0.0470. The summed E-state index contributed by atoms with van der Waals surface area (Å²) >= 11 is 12.5. The zero-order valence-electron chi connectivity index (χ0n) is 41.1. The summed E-state index contributed by atoms with van der Waals surface area (Å²) < 4.78 is 21.3. The van der Waals surface area contributed by atoms with Gasteiger partial charge in [-0.1, -0.05) is 108 Å². The van der Waals surface area contributed by atoms with Crippen LogP contribution in [0.2, 0.25) is 10.0 Å². The average Bonchev–Trinajstić information content (AvgIpc) is 3.32. The van der Waals surface area contributed by atoms with Crippen LogP contribution >= 0.6 is 23.2 Å². The minimum absolute atomic E-state index is 0.149. The Hall–Kier alpha value is -6.74. The van der Waals surface area contributed by atoms with E-state index in [9.17, 15) is 29.3 Å². The molecule has 2 aliphatic rings. The second-order valence-electron chi connectivity index (χ2n) is 17.5. The van der Waals surface area contributed by atoms with Crippen molar-refractivity contribution in [3.63, 3.8) is 0 Å². The van der Waals surface area contributed by atoms with Gasteiger partial charge >= 0.3 is 23.9 Å². The predicted molar refractivity (Wildman–Crippen MR) is 270 cm³/mol. The lowest BCUT2D eigenvalue weighted by Crippen LogP contribution is -2.42. The standard InChI is InChI=1S/C36H41N3O6.C18H19Cl2NO4/c1-24-31(34(40)44-6)33(28-18-13-19-29(22-28)39(42)43)32(25(2)37-24)35(41)45-36(3,4)23-38(5)21-20-30(26-14-9-7-10-15-26)27-16-11-8-12-17-27;1-5-25-18(23)14-10(3)21-9(2)13(17(22)24-4)15(14)11-7-6-8-12(19)16(11)20/h7-19,22,30,33,37H,20-21,23H2,1-6H3;6-8,15,21H,5H2,1-4H3. The third-order valence-electron chi connectivity index (χ3n) is 12.0. The molecule has 2 aliphatic heterocycles. The molecule has 16 heteroatoms. The van der Waals surface area contributed by atoms with E-state index in [0.29, 0.717) is 56.6 Å². The number of methoxy groups -OCH3 is 2. The summed E-state index contributed by atoms with van der Waals surface area (Å²) in [6.07, 6.45) is 0.865. The van der Waals surface area contributed by atoms with Crippen molar-refractivity contribution < 1.29 is 43.0 Å². The maximum Gasteiger partial charge on any atom is 0.337 e. The van der Waals surface area contributed by atoms with Gasteiger partial charge in [0.05, 0.1) is 69.9 Å². The molecule has 2 unspecified atom stereocenters. The van der Waals surface area contributed by atoms with Gasteiger partial charge < -0.3 is 34.5 Å². The molecule has 0 radical (unpaired) electrons. The number of nitrogens with zero attached hydrogens (tertiary/aromatic N) is 2. The van der Waals surface area contributed by atoms with Gasteiger partial charge in [0.2, 0.25) is 0 Å². The topological polar surface area (TPSA) is 176 Å². The normalized spacial score (nSPS) is 16.0. The van der Waals surface area contributed by atoms with Crippen molar-refractivity contribution in [1.29, 1.82) is 0 Å². The Balaban J connectivity index is 0.000000308. The average molecular weight is 996 g/mol. The van der Waals surface area contributed by atoms with E-state index in [1.807, 2.05) is 33.0 Å². The first-order valence-corrected chi connectivity index (χ1v) is 23.4. The third kappa shape index (κ3) is 12.9. The Labute approximate surface area is 419 Å². The van der Waals surface area contributed by atoms with Crippen molar-refractivity contribution >= 4 is 52.8 Å². The number of ether oxygens (including phenoxy) is 4. The van der Waals surface area contributed by atoms with Gasteiger partial charge in [0.1, 0.15) is 5.60 Å². The number of non-ortho nitro benzene ring substituents is 1. The van der Waals surface area contributed by atoms with Crippen LogP contribution in [0.5, 0.6) is 0 Å². The molecule has 0 bridgehead atoms. The van der Waals surface area contributed by atoms with Gasteiger partial charge in [-0.25, -0.2) is 19.2 Å². The molecule has 0 spiro atoms. The van der Waals surface area contributed by atoms with Crippen LogP contribution < -0.4 is 10.6 Å². The highest BCUT2D eigenvalue weighted by molar-refractivity contribution is 6.42. The van der Waals surface area contributed by atoms with Crippen LogP contribution in [0.15, 0.2) is 148 Å². The molecule has 0 aliphatic carbocycles. The van der Waals surface area contributed by atoms with Crippen LogP contribution in [0.25, 0.3) is 0 Å². The van der Waals surface area contributed by atoms with E-state index in [1.165, 1.54) is 43.5 Å². The third-order valence-corrected chi connectivity index (χ3v) is 12.8. The molecule has 2 heterocycles. The number of carbonyl (C=O) groups is 4. The molecule has 370 valence electrons. The second kappa shape index (κ2) is 24.2. The van der Waals surface area contributed by atoms with E-state index in [2.05, 4.69) is 64.1 Å². The summed E-state index contributed by atoms with van der Waals surface area (Å²) in [5.74, 6) is -3.78. The maximum absolute atomic E-state index is 14.0. The van der Waals surface area contributed by atoms with Crippen molar-refractivity contribution in [3.8, 4) is 0 Å². The largest absolute Gasteiger partial charge is 0.466 e. The zero-order chi connectivity index (χ0) is 51.4. The Morgan fingerprint density at radius 1 is 0.700 bits per heavy atom. The number of rotatable bonds is 16. The van der Waals surface area contributed by atoms with Gasteiger partial charge in [-0.3, -0.25) is 10.1 Å². The lowest BCUT2D eigenvalue weighted by Gasteiger charge is -2.34. The number of dihydropyridines is 2. The number of hydrogen-bond donors (Lipinski definition) is 2. The van der Waals surface area contributed by atoms with Gasteiger partial charge in [-0.15, -0.1) is 0 Å². The molecule has 2 N–H and O–H groups in total. The van der Waals surface area contributed by atoms with Gasteiger partial charge in [-0.2, -0.15) is 0 Å². The predicted octanol–water partition coefficient (Wildman–Crippen LogP) is 10.4. The van der Waals surface area contributed by atoms with Gasteiger partial charge in [-0.05, 0) is 96.8 Å². The molecular weight excluding hydrogens is 936 g/mol. The molecule has 6 rings (SSSR count). The molecule has 0 aromatic heterocycles. The first-order valence-electron chi connectivity index (χ1n) is 22.7. The molecular formula is C54H60Cl2N4O10. The van der Waals surface area contributed by atoms with Crippen molar-refractivity contribution in [2.45, 2.75) is 78.2 Å². The minimum atomic E-state index is -0.919. The van der Waals surface area contributed by atoms with Crippen LogP contribution in [-0.2, 0) is 38.1 Å². The number of halogens is 2. The minimum Gasteiger partial charge on any atom is -0.466 e. The molecule has 0 amide bonds. The van der Waals surface area contributed by atoms with E-state index >= 15 is 0 Å². The molecule has 4 aromatic rings. The van der Waals surface area contributed by atoms with Crippen molar-refractivity contribution in [2.24, 2.45) is 0 Å². The van der Waals surface area contributed by atoms with Crippen LogP contribution in [0, 0.1) is 10.1 Å². The highest BCUT2D eigenvalue weighted by atomic mass is 35.5. The fourth-order valence-corrected chi connectivity index (χ4v) is 9.43. The van der Waals surface area contributed by atoms with E-state index in [4.69, 9.17) is 42.1 Å². The first-order chi connectivity index (χ1) is 33.2. The number of esters is 4. The smallest absolute Gasteiger partial charge is 0.337 e. The second-order valence-corrected chi connectivity index (χ2v) is 18.3. The van der Waals surface area contributed by atoms with Crippen LogP contribution in [0.1, 0.15) is 94.9 Å². The van der Waals surface area contributed by atoms with Crippen LogP contribution in [-0.4, -0.2) is 80.3 Å². The summed E-state index contributed by atoms with van der Waals surface area (Å²) in [5, 5.41) is 18.4. The lowest BCUT2D eigenvalue weighted by molar-refractivity contribution is -0.384. The van der Waals surface area contributed by atoms with Crippen molar-refractivity contribution in [1.82, 2.24) is 15.5 Å². The fraction of sp³-hybridized carbons (Fsp3) is 0.333. The van der Waals surface area contributed by atoms with Gasteiger partial charge in [0.25, 0.3) is 5.69 Å². The Bertz CT molecular complexity index is 2690. The first kappa shape index (κ1) is 54.2. The summed E-state index contributed by atoms with van der Waals surface area (Å²) in [5.41, 5.74) is 5.55. The highest BCUT2D eigenvalue weighted by Gasteiger charge is 2.41. The van der Waals surface area contributed by atoms with Gasteiger partial charge in [0, 0.05) is 47.4 Å². The number of allylic oxidation sites excluding steroid dienone is 4. The van der Waals surface area contributed by atoms with Crippen LogP contribution in [0.3, 0.4) is 0 Å². The maximum atomic E-state index is 14.0. The monoisotopic (exact) mass is 994 g/mol. The Morgan fingerprint density at radius 2 is 1.19 bits per heavy atom. The number of likely N-dealkylation sites (N-methyl/N-ethyl adjacent to an activating group) is 1. The van der Waals surface area contributed by atoms with E-state index < -0.39 is 46.2 Å². The number of nitro benzene ring substituents is 1. The Morgan fingerprint density at radius 3 is 1.69 bits per heavy atom. The SMILES string of the molecule is CCOC(=O)C1=C(C)NC(C)=C(C(=O)OC)C1c1cccc(Cl)c1Cl.COC(=O)C1=C(C)NC(C)=C(C(=O)OC(C)(C)CN(C)CCC(c2ccccc2)c2ccccc2)C1c1cccc([N+](=O)[O-])c1. The summed E-state index contributed by atoms with van der Waals surface area (Å²) in [7, 11) is 4.55. The summed E-state index contributed by atoms with van der Waals surface area (Å²) in [6.45, 7) is 13.8. The number of hydrogen-bond acceptors (Lipinski definition) is 13. The Kier molecular flexibility index (Phi) is 18.7. The molecule has 4 aromatic carbocycles. The molecule has 70 heavy (non-hydrogen) atoms. The van der Waals surface area contributed by atoms with Crippen LogP contribution in [0.4, 0.5) is 5.69 Å². The van der Waals surface area contributed by atoms with Crippen molar-refractivity contribution in [2.75, 3.05) is 41.0 Å². The van der Waals surface area contributed by atoms with E-state index in [1.54, 1.807) is 58.9 Å². The van der Waals surface area contributed by atoms with E-state index in [-0.39, 0.29) is 34.4 Å². The van der Waals surface area contributed by atoms with Gasteiger partial charge in [0.15, 0.2) is 0 Å². The summed E-state index contributed by atoms with van der Waals surface area (Å²) in [6, 6.07) is 31.9. The number of nitrogens with one attached hydrogen (secondary N) is 2. The molecule has 14 nitrogen and oxygen atoms in total. The molecule has 2 atom stereocenters. The van der Waals surface area contributed by atoms with E-state index in [0.717, 1.165) is 13.0 Å². The zero-order valence-corrected chi connectivity index (χ0v) is 42.6. The van der Waals surface area contributed by atoms with Crippen molar-refractivity contribution in [3.05, 3.63) is 191 Å². The number of benzene rings is 4. The summed E-state index contributed by atoms with van der Waals surface area (Å²) in [4.78, 5) is 65.2.